The Kier molecular flexibility index (Phi) is 5.80. The topological polar surface area (TPSA) is 105 Å². The largest absolute Gasteiger partial charge is 0.280 e. The van der Waals surface area contributed by atoms with E-state index >= 15 is 0 Å². The molecule has 2 N–H and O–H groups in total. The van der Waals surface area contributed by atoms with Gasteiger partial charge in [0.25, 0.3) is 20.0 Å². The molecule has 0 aliphatic rings. The quantitative estimate of drug-likeness (QED) is 0.581. The Morgan fingerprint density at radius 1 is 0.786 bits per heavy atom. The normalized spacial score (nSPS) is 11.8. The maximum Gasteiger partial charge on any atom is 0.263 e. The molecule has 0 saturated carbocycles. The van der Waals surface area contributed by atoms with E-state index in [1.807, 2.05) is 0 Å². The van der Waals surface area contributed by atoms with Crippen molar-refractivity contribution in [1.29, 1.82) is 0 Å². The standard InChI is InChI=1S/C17H13Cl2N3O4S2/c18-12-3-8-16(19)17(10-12)28(25,26)21-13-4-6-15(7-5-13)27(23,24)22-14-2-1-9-20-11-14/h1-11,21-22H. The second kappa shape index (κ2) is 7.96. The first-order chi connectivity index (χ1) is 13.2. The van der Waals surface area contributed by atoms with Crippen molar-refractivity contribution < 1.29 is 16.8 Å². The van der Waals surface area contributed by atoms with Gasteiger partial charge in [-0.3, -0.25) is 14.4 Å². The minimum atomic E-state index is -4.00. The fraction of sp³-hybridized carbons (Fsp3) is 0. The van der Waals surface area contributed by atoms with Crippen LogP contribution in [0.1, 0.15) is 0 Å². The predicted octanol–water partition coefficient (Wildman–Crippen LogP) is 3.99. The third-order valence-corrected chi connectivity index (χ3v) is 7.01. The van der Waals surface area contributed by atoms with Gasteiger partial charge < -0.3 is 0 Å². The van der Waals surface area contributed by atoms with Crippen LogP contribution in [0.3, 0.4) is 0 Å². The van der Waals surface area contributed by atoms with E-state index in [2.05, 4.69) is 14.4 Å². The fourth-order valence-electron chi connectivity index (χ4n) is 2.23. The lowest BCUT2D eigenvalue weighted by molar-refractivity contribution is 0.600. The van der Waals surface area contributed by atoms with Crippen molar-refractivity contribution in [3.05, 3.63) is 77.0 Å². The van der Waals surface area contributed by atoms with Crippen molar-refractivity contribution >= 4 is 54.6 Å². The lowest BCUT2D eigenvalue weighted by atomic mass is 10.3. The van der Waals surface area contributed by atoms with Crippen molar-refractivity contribution in [2.45, 2.75) is 9.79 Å². The summed E-state index contributed by atoms with van der Waals surface area (Å²) < 4.78 is 54.5. The van der Waals surface area contributed by atoms with Crippen LogP contribution < -0.4 is 9.44 Å². The van der Waals surface area contributed by atoms with Crippen LogP contribution in [-0.2, 0) is 20.0 Å². The molecule has 0 spiro atoms. The monoisotopic (exact) mass is 457 g/mol. The number of aromatic nitrogens is 1. The number of rotatable bonds is 6. The van der Waals surface area contributed by atoms with Crippen LogP contribution in [0.2, 0.25) is 10.0 Å². The summed E-state index contributed by atoms with van der Waals surface area (Å²) >= 11 is 11.8. The summed E-state index contributed by atoms with van der Waals surface area (Å²) in [4.78, 5) is 3.61. The van der Waals surface area contributed by atoms with Gasteiger partial charge in [0.15, 0.2) is 0 Å². The van der Waals surface area contributed by atoms with Crippen LogP contribution >= 0.6 is 23.2 Å². The van der Waals surface area contributed by atoms with Gasteiger partial charge in [0.05, 0.1) is 21.8 Å². The van der Waals surface area contributed by atoms with Gasteiger partial charge in [-0.15, -0.1) is 0 Å². The van der Waals surface area contributed by atoms with Gasteiger partial charge in [0, 0.05) is 16.9 Å². The molecule has 0 unspecified atom stereocenters. The Hall–Kier alpha value is -2.33. The molecule has 0 bridgehead atoms. The zero-order valence-corrected chi connectivity index (χ0v) is 17.1. The van der Waals surface area contributed by atoms with Gasteiger partial charge in [0.2, 0.25) is 0 Å². The highest BCUT2D eigenvalue weighted by atomic mass is 35.5. The summed E-state index contributed by atoms with van der Waals surface area (Å²) in [5.74, 6) is 0. The molecule has 1 heterocycles. The number of hydrogen-bond acceptors (Lipinski definition) is 5. The average molecular weight is 458 g/mol. The number of sulfonamides is 2. The van der Waals surface area contributed by atoms with Crippen molar-refractivity contribution in [1.82, 2.24) is 4.98 Å². The third kappa shape index (κ3) is 4.74. The Labute approximate surface area is 172 Å². The summed E-state index contributed by atoms with van der Waals surface area (Å²) in [6.07, 6.45) is 2.89. The van der Waals surface area contributed by atoms with E-state index in [0.717, 1.165) is 0 Å². The minimum Gasteiger partial charge on any atom is -0.280 e. The molecule has 28 heavy (non-hydrogen) atoms. The minimum absolute atomic E-state index is 0.0109. The highest BCUT2D eigenvalue weighted by Gasteiger charge is 2.20. The molecule has 0 aliphatic heterocycles. The molecule has 0 atom stereocenters. The average Bonchev–Trinajstić information content (AvgIpc) is 2.64. The first-order valence-corrected chi connectivity index (χ1v) is 11.4. The van der Waals surface area contributed by atoms with E-state index in [1.54, 1.807) is 12.1 Å². The Morgan fingerprint density at radius 2 is 1.46 bits per heavy atom. The van der Waals surface area contributed by atoms with Gasteiger partial charge in [-0.1, -0.05) is 23.2 Å². The lowest BCUT2D eigenvalue weighted by Gasteiger charge is -2.11. The van der Waals surface area contributed by atoms with Crippen LogP contribution in [0.4, 0.5) is 11.4 Å². The van der Waals surface area contributed by atoms with E-state index in [9.17, 15) is 16.8 Å². The van der Waals surface area contributed by atoms with Gasteiger partial charge in [-0.05, 0) is 54.6 Å². The number of benzene rings is 2. The zero-order valence-electron chi connectivity index (χ0n) is 14.0. The molecule has 0 fully saturated rings. The van der Waals surface area contributed by atoms with Crippen LogP contribution in [0, 0.1) is 0 Å². The van der Waals surface area contributed by atoms with Crippen LogP contribution in [0.5, 0.6) is 0 Å². The Balaban J connectivity index is 1.82. The molecule has 0 aliphatic carbocycles. The van der Waals surface area contributed by atoms with Gasteiger partial charge in [-0.25, -0.2) is 16.8 Å². The van der Waals surface area contributed by atoms with Crippen LogP contribution in [0.15, 0.2) is 76.8 Å². The molecule has 3 aromatic rings. The van der Waals surface area contributed by atoms with E-state index in [1.165, 1.54) is 54.9 Å². The lowest BCUT2D eigenvalue weighted by Crippen LogP contribution is -2.15. The van der Waals surface area contributed by atoms with E-state index < -0.39 is 20.0 Å². The highest BCUT2D eigenvalue weighted by molar-refractivity contribution is 7.93. The molecule has 3 rings (SSSR count). The van der Waals surface area contributed by atoms with Crippen LogP contribution in [-0.4, -0.2) is 21.8 Å². The summed E-state index contributed by atoms with van der Waals surface area (Å²) in [6.45, 7) is 0. The number of halogens is 2. The maximum atomic E-state index is 12.5. The Bertz CT molecular complexity index is 1200. The van der Waals surface area contributed by atoms with Gasteiger partial charge in [0.1, 0.15) is 4.90 Å². The number of pyridine rings is 1. The molecule has 1 aromatic heterocycles. The predicted molar refractivity (Wildman–Crippen MR) is 109 cm³/mol. The second-order valence-corrected chi connectivity index (χ2v) is 9.73. The highest BCUT2D eigenvalue weighted by Crippen LogP contribution is 2.27. The number of hydrogen-bond donors (Lipinski definition) is 2. The van der Waals surface area contributed by atoms with E-state index in [0.29, 0.717) is 5.69 Å². The zero-order chi connectivity index (χ0) is 20.4. The van der Waals surface area contributed by atoms with Crippen molar-refractivity contribution in [2.24, 2.45) is 0 Å². The van der Waals surface area contributed by atoms with Crippen molar-refractivity contribution in [3.8, 4) is 0 Å². The fourth-order valence-corrected chi connectivity index (χ4v) is 5.10. The molecule has 11 heteroatoms. The SMILES string of the molecule is O=S(=O)(Nc1cccnc1)c1ccc(NS(=O)(=O)c2cc(Cl)ccc2Cl)cc1. The molecule has 0 amide bonds. The molecule has 2 aromatic carbocycles. The Morgan fingerprint density at radius 3 is 2.11 bits per heavy atom. The van der Waals surface area contributed by atoms with Gasteiger partial charge in [-0.2, -0.15) is 0 Å². The first-order valence-electron chi connectivity index (χ1n) is 7.68. The maximum absolute atomic E-state index is 12.5. The smallest absolute Gasteiger partial charge is 0.263 e. The third-order valence-electron chi connectivity index (χ3n) is 3.51. The first kappa shape index (κ1) is 20.4. The summed E-state index contributed by atoms with van der Waals surface area (Å²) in [5.41, 5.74) is 0.472. The van der Waals surface area contributed by atoms with Crippen molar-refractivity contribution in [3.63, 3.8) is 0 Å². The summed E-state index contributed by atoms with van der Waals surface area (Å²) in [6, 6.07) is 12.4. The molecule has 7 nitrogen and oxygen atoms in total. The van der Waals surface area contributed by atoms with E-state index in [-0.39, 0.29) is 25.5 Å². The second-order valence-electron chi connectivity index (χ2n) is 5.55. The number of anilines is 2. The van der Waals surface area contributed by atoms with E-state index in [4.69, 9.17) is 23.2 Å². The number of nitrogens with zero attached hydrogens (tertiary/aromatic N) is 1. The van der Waals surface area contributed by atoms with Crippen molar-refractivity contribution in [2.75, 3.05) is 9.44 Å². The molecule has 0 saturated heterocycles. The molecule has 0 radical (unpaired) electrons. The summed E-state index contributed by atoms with van der Waals surface area (Å²) in [7, 11) is -7.85. The number of nitrogens with one attached hydrogen (secondary N) is 2. The molecule has 146 valence electrons. The molecular formula is C17H13Cl2N3O4S2. The van der Waals surface area contributed by atoms with Crippen LogP contribution in [0.25, 0.3) is 0 Å². The van der Waals surface area contributed by atoms with Gasteiger partial charge >= 0.3 is 0 Å². The molecular weight excluding hydrogens is 445 g/mol. The summed E-state index contributed by atoms with van der Waals surface area (Å²) in [5, 5.41) is 0.226.